The van der Waals surface area contributed by atoms with Gasteiger partial charge in [0.05, 0.1) is 12.2 Å². The third-order valence-electron chi connectivity index (χ3n) is 11.5. The molecule has 0 saturated carbocycles. The molecule has 0 radical (unpaired) electrons. The maximum absolute atomic E-state index is 12.7. The van der Waals surface area contributed by atoms with E-state index in [0.29, 0.717) is 26.3 Å². The van der Waals surface area contributed by atoms with Crippen LogP contribution in [0.15, 0.2) is 36.5 Å². The molecular weight excluding hydrogens is 669 g/mol. The Morgan fingerprint density at radius 3 is 1.54 bits per heavy atom. The number of hydrogen-bond donors (Lipinski definition) is 0. The summed E-state index contributed by atoms with van der Waals surface area (Å²) in [7, 11) is 3.99. The number of piperidine rings is 1. The van der Waals surface area contributed by atoms with Crippen LogP contribution in [0.5, 0.6) is 0 Å². The lowest BCUT2D eigenvalue weighted by Crippen LogP contribution is -2.49. The fourth-order valence-electron chi connectivity index (χ4n) is 7.86. The average molecular weight is 757 g/mol. The molecule has 2 heterocycles. The molecule has 6 nitrogen and oxygen atoms in total. The van der Waals surface area contributed by atoms with Crippen LogP contribution in [0, 0.1) is 0 Å². The molecular formula is C48H88N2O4. The van der Waals surface area contributed by atoms with Gasteiger partial charge >= 0.3 is 6.09 Å². The quantitative estimate of drug-likeness (QED) is 0.0483. The third kappa shape index (κ3) is 24.1. The summed E-state index contributed by atoms with van der Waals surface area (Å²) in [6.07, 6.45) is 51.3. The summed E-state index contributed by atoms with van der Waals surface area (Å²) < 4.78 is 19.3. The highest BCUT2D eigenvalue weighted by atomic mass is 16.8. The van der Waals surface area contributed by atoms with Gasteiger partial charge < -0.3 is 24.0 Å². The Hall–Kier alpha value is -1.63. The molecule has 0 aromatic rings. The number of nitrogens with zero attached hydrogens (tertiary/aromatic N) is 2. The first kappa shape index (κ1) is 48.5. The third-order valence-corrected chi connectivity index (χ3v) is 11.5. The second-order valence-corrected chi connectivity index (χ2v) is 16.9. The molecule has 1 unspecified atom stereocenters. The number of carbonyl (C=O) groups excluding carboxylic acids is 1. The van der Waals surface area contributed by atoms with Gasteiger partial charge in [-0.25, -0.2) is 4.79 Å². The van der Waals surface area contributed by atoms with Gasteiger partial charge in [0.1, 0.15) is 6.61 Å². The monoisotopic (exact) mass is 757 g/mol. The maximum atomic E-state index is 12.7. The summed E-state index contributed by atoms with van der Waals surface area (Å²) in [5.41, 5.74) is -0.263. The molecule has 0 aromatic carbocycles. The van der Waals surface area contributed by atoms with Gasteiger partial charge in [0.15, 0.2) is 5.79 Å². The van der Waals surface area contributed by atoms with Crippen molar-refractivity contribution < 1.29 is 19.0 Å². The van der Waals surface area contributed by atoms with Gasteiger partial charge in [-0.1, -0.05) is 147 Å². The predicted octanol–water partition coefficient (Wildman–Crippen LogP) is 13.9. The van der Waals surface area contributed by atoms with Gasteiger partial charge in [-0.3, -0.25) is 0 Å². The van der Waals surface area contributed by atoms with E-state index in [2.05, 4.69) is 50.3 Å². The van der Waals surface area contributed by atoms with E-state index in [4.69, 9.17) is 14.2 Å². The van der Waals surface area contributed by atoms with E-state index >= 15 is 0 Å². The minimum atomic E-state index is -0.454. The lowest BCUT2D eigenvalue weighted by Gasteiger charge is -2.39. The molecule has 6 heteroatoms. The zero-order chi connectivity index (χ0) is 38.8. The molecule has 0 aromatic heterocycles. The molecule has 2 saturated heterocycles. The van der Waals surface area contributed by atoms with Gasteiger partial charge in [-0.2, -0.15) is 0 Å². The van der Waals surface area contributed by atoms with Gasteiger partial charge in [-0.15, -0.1) is 0 Å². The Morgan fingerprint density at radius 1 is 0.611 bits per heavy atom. The van der Waals surface area contributed by atoms with Crippen molar-refractivity contribution in [1.29, 1.82) is 0 Å². The summed E-state index contributed by atoms with van der Waals surface area (Å²) in [6.45, 7) is 7.75. The fraction of sp³-hybridized carbons (Fsp3) is 0.854. The summed E-state index contributed by atoms with van der Waals surface area (Å²) >= 11 is 0. The molecule has 2 fully saturated rings. The first-order valence-corrected chi connectivity index (χ1v) is 23.3. The minimum Gasteiger partial charge on any atom is -0.448 e. The van der Waals surface area contributed by atoms with Crippen LogP contribution in [0.4, 0.5) is 4.79 Å². The van der Waals surface area contributed by atoms with Crippen LogP contribution >= 0.6 is 0 Å². The lowest BCUT2D eigenvalue weighted by molar-refractivity contribution is -0.203. The van der Waals surface area contributed by atoms with E-state index in [-0.39, 0.29) is 11.7 Å². The molecule has 1 atom stereocenters. The highest BCUT2D eigenvalue weighted by Crippen LogP contribution is 2.44. The average Bonchev–Trinajstić information content (AvgIpc) is 3.51. The van der Waals surface area contributed by atoms with Gasteiger partial charge in [-0.05, 0) is 97.6 Å². The summed E-state index contributed by atoms with van der Waals surface area (Å²) in [4.78, 5) is 16.6. The van der Waals surface area contributed by atoms with E-state index in [1.54, 1.807) is 0 Å². The van der Waals surface area contributed by atoms with Crippen molar-refractivity contribution in [2.45, 2.75) is 218 Å². The first-order chi connectivity index (χ1) is 26.4. The normalized spacial score (nSPS) is 18.8. The number of likely N-dealkylation sites (tertiary alicyclic amines) is 1. The molecule has 0 bridgehead atoms. The number of amides is 1. The van der Waals surface area contributed by atoms with Crippen molar-refractivity contribution >= 4 is 6.09 Å². The summed E-state index contributed by atoms with van der Waals surface area (Å²) in [6, 6.07) is 0. The molecule has 1 spiro atoms. The Bertz CT molecular complexity index is 970. The number of likely N-dealkylation sites (N-methyl/N-ethyl adjacent to an activating group) is 1. The number of ether oxygens (including phenoxy) is 3. The maximum Gasteiger partial charge on any atom is 0.409 e. The summed E-state index contributed by atoms with van der Waals surface area (Å²) in [5, 5.41) is 0. The van der Waals surface area contributed by atoms with Crippen molar-refractivity contribution in [2.24, 2.45) is 0 Å². The molecule has 0 N–H and O–H groups in total. The van der Waals surface area contributed by atoms with Gasteiger partial charge in [0, 0.05) is 32.5 Å². The predicted molar refractivity (Wildman–Crippen MR) is 231 cm³/mol. The van der Waals surface area contributed by atoms with Crippen molar-refractivity contribution in [3.8, 4) is 0 Å². The number of unbranched alkanes of at least 4 members (excludes halogenated alkanes) is 21. The second kappa shape index (κ2) is 32.5. The first-order valence-electron chi connectivity index (χ1n) is 23.3. The zero-order valence-electron chi connectivity index (χ0n) is 36.2. The molecule has 1 amide bonds. The lowest BCUT2D eigenvalue weighted by atomic mass is 9.92. The molecule has 2 rings (SSSR count). The van der Waals surface area contributed by atoms with E-state index in [1.165, 1.54) is 154 Å². The number of carbonyl (C=O) groups is 1. The van der Waals surface area contributed by atoms with Crippen molar-refractivity contribution in [1.82, 2.24) is 9.80 Å². The van der Waals surface area contributed by atoms with Crippen molar-refractivity contribution in [3.05, 3.63) is 36.5 Å². The largest absolute Gasteiger partial charge is 0.448 e. The molecule has 314 valence electrons. The number of hydrogen-bond acceptors (Lipinski definition) is 5. The fourth-order valence-corrected chi connectivity index (χ4v) is 7.86. The Kier molecular flexibility index (Phi) is 29.2. The van der Waals surface area contributed by atoms with E-state index in [0.717, 1.165) is 45.1 Å². The number of allylic oxidation sites excluding steroid dienone is 6. The van der Waals surface area contributed by atoms with Crippen LogP contribution in [-0.2, 0) is 14.2 Å². The van der Waals surface area contributed by atoms with E-state index in [9.17, 15) is 4.79 Å². The van der Waals surface area contributed by atoms with E-state index < -0.39 is 5.79 Å². The molecule has 0 aliphatic carbocycles. The smallest absolute Gasteiger partial charge is 0.409 e. The Labute approximate surface area is 335 Å². The van der Waals surface area contributed by atoms with Crippen LogP contribution in [0.1, 0.15) is 206 Å². The second-order valence-electron chi connectivity index (χ2n) is 16.9. The van der Waals surface area contributed by atoms with E-state index in [1.807, 2.05) is 23.9 Å². The van der Waals surface area contributed by atoms with Crippen LogP contribution in [0.2, 0.25) is 0 Å². The highest BCUT2D eigenvalue weighted by Gasteiger charge is 2.51. The molecule has 2 aliphatic heterocycles. The van der Waals surface area contributed by atoms with Crippen LogP contribution in [-0.4, -0.2) is 74.2 Å². The van der Waals surface area contributed by atoms with Gasteiger partial charge in [0.25, 0.3) is 0 Å². The minimum absolute atomic E-state index is 0.192. The SMILES string of the molecule is CCCCCC=CCC=CCCCCCCCCC1(CCCCCCCCC=CCCCCCCCC)OCC2(CCN(C(=O)OCCN(C)C)CC2)O1. The molecule has 2 aliphatic rings. The molecule has 54 heavy (non-hydrogen) atoms. The highest BCUT2D eigenvalue weighted by molar-refractivity contribution is 5.67. The topological polar surface area (TPSA) is 51.2 Å². The van der Waals surface area contributed by atoms with Crippen molar-refractivity contribution in [2.75, 3.05) is 46.9 Å². The Balaban J connectivity index is 1.67. The van der Waals surface area contributed by atoms with Crippen LogP contribution in [0.25, 0.3) is 0 Å². The summed E-state index contributed by atoms with van der Waals surface area (Å²) in [5.74, 6) is -0.454. The van der Waals surface area contributed by atoms with Crippen molar-refractivity contribution in [3.63, 3.8) is 0 Å². The van der Waals surface area contributed by atoms with Gasteiger partial charge in [0.2, 0.25) is 0 Å². The number of rotatable bonds is 34. The standard InChI is InChI=1S/C48H88N2O4/c1-5-7-9-11-13-15-17-19-21-23-25-27-29-31-33-35-37-48(38-36-34-32-30-28-26-24-22-20-18-16-14-12-10-8-6-2)53-45-47(54-48)39-41-50(42-40-47)46(51)52-44-43-49(3)4/h13,15,19-22H,5-12,14,16-18,23-45H2,1-4H3. The Morgan fingerprint density at radius 2 is 1.04 bits per heavy atom. The van der Waals surface area contributed by atoms with Crippen LogP contribution < -0.4 is 0 Å². The van der Waals surface area contributed by atoms with Crippen LogP contribution in [0.3, 0.4) is 0 Å². The zero-order valence-corrected chi connectivity index (χ0v) is 36.2.